The van der Waals surface area contributed by atoms with E-state index in [9.17, 15) is 0 Å². The number of nitrogens with zero attached hydrogens (tertiary/aromatic N) is 4. The molecule has 9 heteroatoms. The smallest absolute Gasteiger partial charge is 0.138 e. The molecular weight excluding hydrogens is 591 g/mol. The molecule has 0 spiro atoms. The first kappa shape index (κ1) is 32.3. The molecule has 3 aromatic rings. The monoisotopic (exact) mass is 632 g/mol. The van der Waals surface area contributed by atoms with Gasteiger partial charge in [0.1, 0.15) is 16.1 Å². The number of likely N-dealkylation sites (tertiary alicyclic amines) is 1. The molecule has 3 aromatic heterocycles. The van der Waals surface area contributed by atoms with Gasteiger partial charge in [0.15, 0.2) is 0 Å². The van der Waals surface area contributed by atoms with E-state index < -0.39 is 0 Å². The Kier molecular flexibility index (Phi) is 12.4. The van der Waals surface area contributed by atoms with E-state index in [1.54, 1.807) is 24.7 Å². The van der Waals surface area contributed by atoms with Crippen molar-refractivity contribution in [2.24, 2.45) is 23.7 Å². The minimum atomic E-state index is 0.544. The van der Waals surface area contributed by atoms with E-state index in [0.29, 0.717) is 28.1 Å². The molecule has 0 unspecified atom stereocenters. The van der Waals surface area contributed by atoms with Crippen LogP contribution in [0.3, 0.4) is 0 Å². The number of hydrogen-bond donors (Lipinski definition) is 2. The Balaban J connectivity index is 0.000000132. The van der Waals surface area contributed by atoms with Crippen LogP contribution in [0.4, 0.5) is 0 Å². The minimum absolute atomic E-state index is 0.544. The highest BCUT2D eigenvalue weighted by molar-refractivity contribution is 6.29. The van der Waals surface area contributed by atoms with Gasteiger partial charge in [0.05, 0.1) is 12.8 Å². The van der Waals surface area contributed by atoms with E-state index in [0.717, 1.165) is 74.2 Å². The van der Waals surface area contributed by atoms with Crippen LogP contribution < -0.4 is 15.4 Å². The number of hydrogen-bond acceptors (Lipinski definition) is 7. The number of aromatic nitrogens is 3. The highest BCUT2D eigenvalue weighted by Crippen LogP contribution is 2.29. The Hall–Kier alpha value is -3.07. The van der Waals surface area contributed by atoms with Crippen molar-refractivity contribution in [3.63, 3.8) is 0 Å². The third-order valence-corrected chi connectivity index (χ3v) is 8.27. The highest BCUT2D eigenvalue weighted by Gasteiger charge is 2.22. The first-order valence-corrected chi connectivity index (χ1v) is 16.2. The number of pyridine rings is 3. The van der Waals surface area contributed by atoms with Crippen LogP contribution in [0.2, 0.25) is 10.3 Å². The van der Waals surface area contributed by atoms with Gasteiger partial charge in [-0.3, -0.25) is 4.98 Å². The van der Waals surface area contributed by atoms with Crippen molar-refractivity contribution in [3.05, 3.63) is 100 Å². The van der Waals surface area contributed by atoms with Crippen molar-refractivity contribution in [2.75, 3.05) is 52.9 Å². The van der Waals surface area contributed by atoms with E-state index in [4.69, 9.17) is 27.9 Å². The fourth-order valence-electron chi connectivity index (χ4n) is 4.58. The van der Waals surface area contributed by atoms with Crippen molar-refractivity contribution in [3.8, 4) is 5.75 Å². The van der Waals surface area contributed by atoms with Gasteiger partial charge >= 0.3 is 0 Å². The highest BCUT2D eigenvalue weighted by atomic mass is 35.5. The van der Waals surface area contributed by atoms with Crippen LogP contribution in [0.25, 0.3) is 18.2 Å². The number of ether oxygens (including phenoxy) is 1. The summed E-state index contributed by atoms with van der Waals surface area (Å²) < 4.78 is 5.71. The van der Waals surface area contributed by atoms with Crippen molar-refractivity contribution < 1.29 is 4.74 Å². The molecule has 2 N–H and O–H groups in total. The molecule has 3 saturated heterocycles. The largest absolute Gasteiger partial charge is 0.492 e. The van der Waals surface area contributed by atoms with Crippen LogP contribution in [-0.2, 0) is 0 Å². The molecular formula is C35H42Cl2N6O. The van der Waals surface area contributed by atoms with Gasteiger partial charge in [-0.2, -0.15) is 0 Å². The molecule has 0 atom stereocenters. The molecule has 7 nitrogen and oxygen atoms in total. The lowest BCUT2D eigenvalue weighted by atomic mass is 10.00. The molecule has 44 heavy (non-hydrogen) atoms. The predicted octanol–water partition coefficient (Wildman–Crippen LogP) is 6.38. The molecule has 3 aliphatic heterocycles. The van der Waals surface area contributed by atoms with Crippen molar-refractivity contribution in [1.29, 1.82) is 0 Å². The quantitative estimate of drug-likeness (QED) is 0.265. The second kappa shape index (κ2) is 16.8. The van der Waals surface area contributed by atoms with Crippen molar-refractivity contribution in [2.45, 2.75) is 12.8 Å². The minimum Gasteiger partial charge on any atom is -0.492 e. The lowest BCUT2D eigenvalue weighted by Crippen LogP contribution is -2.42. The zero-order chi connectivity index (χ0) is 30.6. The molecule has 1 saturated carbocycles. The number of nitrogens with one attached hydrogen (secondary N) is 2. The van der Waals surface area contributed by atoms with Gasteiger partial charge in [-0.25, -0.2) is 9.97 Å². The molecule has 6 heterocycles. The van der Waals surface area contributed by atoms with Gasteiger partial charge in [-0.15, -0.1) is 0 Å². The second-order valence-corrected chi connectivity index (χ2v) is 12.7. The molecule has 232 valence electrons. The summed E-state index contributed by atoms with van der Waals surface area (Å²) in [6.45, 7) is 7.56. The Labute approximate surface area is 271 Å². The third kappa shape index (κ3) is 11.5. The molecule has 7 rings (SSSR count). The SMILES string of the molecule is C(=C\C1CNC1)/c1cncc(OCC2CC2)c1.CN1CC(/C=C/c2ccc(Cl)nc2)C1.Clc1ccc(/C=C/C2CNC2)cn1. The van der Waals surface area contributed by atoms with Gasteiger partial charge in [0.25, 0.3) is 0 Å². The Morgan fingerprint density at radius 1 is 0.750 bits per heavy atom. The summed E-state index contributed by atoms with van der Waals surface area (Å²) in [7, 11) is 2.13. The second-order valence-electron chi connectivity index (χ2n) is 11.9. The van der Waals surface area contributed by atoms with Crippen LogP contribution in [0, 0.1) is 23.7 Å². The fraction of sp³-hybridized carbons (Fsp3) is 0.400. The molecule has 4 fully saturated rings. The predicted molar refractivity (Wildman–Crippen MR) is 182 cm³/mol. The summed E-state index contributed by atoms with van der Waals surface area (Å²) in [5.41, 5.74) is 3.35. The van der Waals surface area contributed by atoms with Gasteiger partial charge < -0.3 is 20.3 Å². The Bertz CT molecular complexity index is 1380. The Morgan fingerprint density at radius 2 is 1.30 bits per heavy atom. The summed E-state index contributed by atoms with van der Waals surface area (Å²) in [5, 5.41) is 7.57. The lowest BCUT2D eigenvalue weighted by molar-refractivity contribution is 0.170. The lowest BCUT2D eigenvalue weighted by Gasteiger charge is -2.34. The zero-order valence-corrected chi connectivity index (χ0v) is 26.8. The van der Waals surface area contributed by atoms with Gasteiger partial charge in [0.2, 0.25) is 0 Å². The molecule has 0 amide bonds. The number of halogens is 2. The van der Waals surface area contributed by atoms with Gasteiger partial charge in [-0.05, 0) is 60.7 Å². The topological polar surface area (TPSA) is 75.2 Å². The summed E-state index contributed by atoms with van der Waals surface area (Å²) in [6.07, 6.45) is 22.9. The summed E-state index contributed by atoms with van der Waals surface area (Å²) >= 11 is 11.4. The maximum atomic E-state index is 5.71. The Morgan fingerprint density at radius 3 is 1.75 bits per heavy atom. The summed E-state index contributed by atoms with van der Waals surface area (Å²) in [4.78, 5) is 14.5. The molecule has 0 bridgehead atoms. The third-order valence-electron chi connectivity index (χ3n) is 7.82. The van der Waals surface area contributed by atoms with Gasteiger partial charge in [0, 0.05) is 75.6 Å². The first-order chi connectivity index (χ1) is 21.5. The fourth-order valence-corrected chi connectivity index (χ4v) is 4.80. The first-order valence-electron chi connectivity index (χ1n) is 15.4. The van der Waals surface area contributed by atoms with Crippen LogP contribution in [0.5, 0.6) is 5.75 Å². The van der Waals surface area contributed by atoms with Crippen LogP contribution in [0.1, 0.15) is 29.5 Å². The zero-order valence-electron chi connectivity index (χ0n) is 25.3. The average Bonchev–Trinajstić information content (AvgIpc) is 3.80. The van der Waals surface area contributed by atoms with Gasteiger partial charge in [-0.1, -0.05) is 71.8 Å². The van der Waals surface area contributed by atoms with Crippen molar-refractivity contribution >= 4 is 41.4 Å². The maximum absolute atomic E-state index is 5.71. The van der Waals surface area contributed by atoms with Crippen LogP contribution in [-0.4, -0.2) is 72.8 Å². The maximum Gasteiger partial charge on any atom is 0.138 e. The molecule has 0 aromatic carbocycles. The van der Waals surface area contributed by atoms with E-state index in [-0.39, 0.29) is 0 Å². The summed E-state index contributed by atoms with van der Waals surface area (Å²) in [5.74, 6) is 3.76. The van der Waals surface area contributed by atoms with Crippen LogP contribution in [0.15, 0.2) is 73.3 Å². The molecule has 0 radical (unpaired) electrons. The molecule has 4 aliphatic rings. The number of rotatable bonds is 9. The average molecular weight is 634 g/mol. The summed E-state index contributed by atoms with van der Waals surface area (Å²) in [6, 6.07) is 9.64. The van der Waals surface area contributed by atoms with E-state index in [2.05, 4.69) is 80.1 Å². The van der Waals surface area contributed by atoms with E-state index in [1.807, 2.05) is 24.4 Å². The van der Waals surface area contributed by atoms with E-state index in [1.165, 1.54) is 12.8 Å². The normalized spacial score (nSPS) is 19.1. The van der Waals surface area contributed by atoms with E-state index >= 15 is 0 Å². The van der Waals surface area contributed by atoms with Crippen molar-refractivity contribution in [1.82, 2.24) is 30.5 Å². The molecule has 1 aliphatic carbocycles. The standard InChI is InChI=1S/C14H18N2O.C11H13ClN2.C10H11ClN2/c1-2-11(1)10-17-14-5-12(6-16-9-14)3-4-13-7-15-8-13;1-14-7-10(8-14)3-2-9-4-5-11(12)13-6-9;11-10-4-3-8(7-13-10)1-2-9-5-12-6-9/h3-6,9,11,13,15H,1-2,7-8,10H2;2-6,10H,7-8H2,1H3;1-4,7,9,12H,5-6H2/b4-3+;3-2+;2-1+. The van der Waals surface area contributed by atoms with Crippen LogP contribution >= 0.6 is 23.2 Å².